The Bertz CT molecular complexity index is 332. The minimum Gasteiger partial charge on any atom is -0.444 e. The van der Waals surface area contributed by atoms with Gasteiger partial charge in [-0.05, 0) is 39.5 Å². The number of nitrogens with zero attached hydrogens (tertiary/aromatic N) is 1. The largest absolute Gasteiger partial charge is 0.444 e. The number of ether oxygens (including phenoxy) is 1. The van der Waals surface area contributed by atoms with Crippen LogP contribution < -0.4 is 0 Å². The van der Waals surface area contributed by atoms with E-state index in [-0.39, 0.29) is 12.0 Å². The Labute approximate surface area is 102 Å². The molecular weight excluding hydrogens is 218 g/mol. The molecule has 1 heterocycles. The predicted octanol–water partition coefficient (Wildman–Crippen LogP) is 2.22. The first-order chi connectivity index (χ1) is 7.87. The third kappa shape index (κ3) is 2.79. The molecule has 4 nitrogen and oxygen atoms in total. The van der Waals surface area contributed by atoms with Crippen molar-refractivity contribution in [1.82, 2.24) is 4.90 Å². The van der Waals surface area contributed by atoms with Crippen LogP contribution in [-0.2, 0) is 9.53 Å². The Kier molecular flexibility index (Phi) is 3.15. The molecular formula is C13H21NO3. The van der Waals surface area contributed by atoms with Crippen LogP contribution in [0.15, 0.2) is 0 Å². The van der Waals surface area contributed by atoms with E-state index in [1.165, 1.54) is 0 Å². The molecule has 0 bridgehead atoms. The summed E-state index contributed by atoms with van der Waals surface area (Å²) in [4.78, 5) is 25.4. The molecule has 96 valence electrons. The zero-order valence-electron chi connectivity index (χ0n) is 10.9. The van der Waals surface area contributed by atoms with Gasteiger partial charge >= 0.3 is 6.09 Å². The molecule has 0 radical (unpaired) electrons. The van der Waals surface area contributed by atoms with Crippen LogP contribution in [0.4, 0.5) is 4.79 Å². The highest BCUT2D eigenvalue weighted by molar-refractivity contribution is 5.83. The lowest BCUT2D eigenvalue weighted by atomic mass is 9.81. The standard InChI is InChI=1S/C13H21NO3/c1-13(2,3)17-12(16)14-7-9-5-4-6-11(15)10(9)8-14/h9-10H,4-8H2,1-3H3/t9-,10+/m1/s1. The van der Waals surface area contributed by atoms with Gasteiger partial charge in [0.2, 0.25) is 0 Å². The molecule has 2 atom stereocenters. The normalized spacial score (nSPS) is 29.1. The minimum absolute atomic E-state index is 0.0660. The van der Waals surface area contributed by atoms with Gasteiger partial charge < -0.3 is 9.64 Å². The first-order valence-electron chi connectivity index (χ1n) is 6.37. The number of carbonyl (C=O) groups is 2. The maximum Gasteiger partial charge on any atom is 0.410 e. The fourth-order valence-corrected chi connectivity index (χ4v) is 2.73. The number of likely N-dealkylation sites (tertiary alicyclic amines) is 1. The summed E-state index contributed by atoms with van der Waals surface area (Å²) in [6.07, 6.45) is 2.45. The number of rotatable bonds is 0. The monoisotopic (exact) mass is 239 g/mol. The number of amides is 1. The second-order valence-electron chi connectivity index (χ2n) is 6.11. The summed E-state index contributed by atoms with van der Waals surface area (Å²) in [5.74, 6) is 0.757. The zero-order chi connectivity index (χ0) is 12.6. The molecule has 0 aromatic rings. The van der Waals surface area contributed by atoms with Crippen LogP contribution in [-0.4, -0.2) is 35.5 Å². The van der Waals surface area contributed by atoms with Crippen LogP contribution >= 0.6 is 0 Å². The second kappa shape index (κ2) is 4.31. The number of Topliss-reactive ketones (excluding diaryl/α,β-unsaturated/α-hetero) is 1. The number of hydrogen-bond acceptors (Lipinski definition) is 3. The molecule has 2 aliphatic rings. The van der Waals surface area contributed by atoms with Crippen molar-refractivity contribution >= 4 is 11.9 Å². The van der Waals surface area contributed by atoms with E-state index in [0.717, 1.165) is 12.8 Å². The lowest BCUT2D eigenvalue weighted by Crippen LogP contribution is -2.35. The number of ketones is 1. The van der Waals surface area contributed by atoms with Crippen molar-refractivity contribution in [2.45, 2.75) is 45.6 Å². The van der Waals surface area contributed by atoms with Gasteiger partial charge in [-0.25, -0.2) is 4.79 Å². The van der Waals surface area contributed by atoms with Crippen LogP contribution in [0.5, 0.6) is 0 Å². The van der Waals surface area contributed by atoms with Crippen LogP contribution in [0.3, 0.4) is 0 Å². The second-order valence-corrected chi connectivity index (χ2v) is 6.11. The molecule has 17 heavy (non-hydrogen) atoms. The van der Waals surface area contributed by atoms with Crippen molar-refractivity contribution in [1.29, 1.82) is 0 Å². The van der Waals surface area contributed by atoms with Crippen LogP contribution in [0.1, 0.15) is 40.0 Å². The van der Waals surface area contributed by atoms with Crippen LogP contribution in [0.2, 0.25) is 0 Å². The van der Waals surface area contributed by atoms with Crippen molar-refractivity contribution in [3.05, 3.63) is 0 Å². The first kappa shape index (κ1) is 12.4. The average molecular weight is 239 g/mol. The van der Waals surface area contributed by atoms with Crippen molar-refractivity contribution in [3.63, 3.8) is 0 Å². The van der Waals surface area contributed by atoms with Crippen molar-refractivity contribution in [2.75, 3.05) is 13.1 Å². The van der Waals surface area contributed by atoms with Gasteiger partial charge in [-0.3, -0.25) is 4.79 Å². The molecule has 1 amide bonds. The smallest absolute Gasteiger partial charge is 0.410 e. The summed E-state index contributed by atoms with van der Waals surface area (Å²) in [5.41, 5.74) is -0.463. The average Bonchev–Trinajstić information content (AvgIpc) is 2.60. The Morgan fingerprint density at radius 3 is 2.65 bits per heavy atom. The number of carbonyl (C=O) groups excluding carboxylic acids is 2. The highest BCUT2D eigenvalue weighted by Gasteiger charge is 2.42. The van der Waals surface area contributed by atoms with Crippen molar-refractivity contribution in [3.8, 4) is 0 Å². The number of fused-ring (bicyclic) bond motifs is 1. The molecule has 0 unspecified atom stereocenters. The van der Waals surface area contributed by atoms with E-state index in [1.807, 2.05) is 20.8 Å². The van der Waals surface area contributed by atoms with Crippen molar-refractivity contribution in [2.24, 2.45) is 11.8 Å². The summed E-state index contributed by atoms with van der Waals surface area (Å²) in [5, 5.41) is 0. The fraction of sp³-hybridized carbons (Fsp3) is 0.846. The Morgan fingerprint density at radius 1 is 1.35 bits per heavy atom. The molecule has 1 aliphatic heterocycles. The van der Waals surface area contributed by atoms with Crippen molar-refractivity contribution < 1.29 is 14.3 Å². The van der Waals surface area contributed by atoms with E-state index in [4.69, 9.17) is 4.74 Å². The highest BCUT2D eigenvalue weighted by atomic mass is 16.6. The van der Waals surface area contributed by atoms with Gasteiger partial charge in [0.05, 0.1) is 0 Å². The van der Waals surface area contributed by atoms with Gasteiger partial charge in [-0.1, -0.05) is 0 Å². The van der Waals surface area contributed by atoms with E-state index in [0.29, 0.717) is 31.2 Å². The third-order valence-electron chi connectivity index (χ3n) is 3.50. The molecule has 2 fully saturated rings. The highest BCUT2D eigenvalue weighted by Crippen LogP contribution is 2.34. The Morgan fingerprint density at radius 2 is 2.06 bits per heavy atom. The summed E-state index contributed by atoms with van der Waals surface area (Å²) in [6, 6.07) is 0. The lowest BCUT2D eigenvalue weighted by molar-refractivity contribution is -0.125. The maximum absolute atomic E-state index is 11.9. The van der Waals surface area contributed by atoms with Gasteiger partial charge in [0.25, 0.3) is 0 Å². The van der Waals surface area contributed by atoms with Gasteiger partial charge in [-0.15, -0.1) is 0 Å². The Balaban J connectivity index is 1.97. The molecule has 0 aromatic carbocycles. The van der Waals surface area contributed by atoms with Crippen LogP contribution in [0, 0.1) is 11.8 Å². The quantitative estimate of drug-likeness (QED) is 0.651. The molecule has 0 N–H and O–H groups in total. The number of hydrogen-bond donors (Lipinski definition) is 0. The topological polar surface area (TPSA) is 46.6 Å². The SMILES string of the molecule is CC(C)(C)OC(=O)N1C[C@H]2CCCC(=O)[C@H]2C1. The van der Waals surface area contributed by atoms with E-state index >= 15 is 0 Å². The van der Waals surface area contributed by atoms with E-state index in [2.05, 4.69) is 0 Å². The molecule has 1 saturated heterocycles. The summed E-state index contributed by atoms with van der Waals surface area (Å²) in [6.45, 7) is 6.82. The van der Waals surface area contributed by atoms with Gasteiger partial charge in [0.1, 0.15) is 11.4 Å². The lowest BCUT2D eigenvalue weighted by Gasteiger charge is -2.24. The molecule has 1 saturated carbocycles. The predicted molar refractivity (Wildman–Crippen MR) is 63.6 cm³/mol. The van der Waals surface area contributed by atoms with E-state index in [9.17, 15) is 9.59 Å². The summed E-state index contributed by atoms with van der Waals surface area (Å²) < 4.78 is 5.34. The maximum atomic E-state index is 11.9. The molecule has 2 rings (SSSR count). The van der Waals surface area contributed by atoms with E-state index < -0.39 is 5.60 Å². The van der Waals surface area contributed by atoms with Gasteiger partial charge in [0, 0.05) is 25.4 Å². The zero-order valence-corrected chi connectivity index (χ0v) is 10.9. The van der Waals surface area contributed by atoms with Gasteiger partial charge in [-0.2, -0.15) is 0 Å². The molecule has 4 heteroatoms. The fourth-order valence-electron chi connectivity index (χ4n) is 2.73. The van der Waals surface area contributed by atoms with E-state index in [1.54, 1.807) is 4.90 Å². The van der Waals surface area contributed by atoms with Gasteiger partial charge in [0.15, 0.2) is 0 Å². The first-order valence-corrected chi connectivity index (χ1v) is 6.37. The Hall–Kier alpha value is -1.06. The third-order valence-corrected chi connectivity index (χ3v) is 3.50. The summed E-state index contributed by atoms with van der Waals surface area (Å²) in [7, 11) is 0. The molecule has 1 aliphatic carbocycles. The minimum atomic E-state index is -0.463. The van der Waals surface area contributed by atoms with Crippen LogP contribution in [0.25, 0.3) is 0 Å². The molecule has 0 spiro atoms. The molecule has 0 aromatic heterocycles. The summed E-state index contributed by atoms with van der Waals surface area (Å²) >= 11 is 0.